The molecule has 2 N–H and O–H groups in total. The number of carbonyl (C=O) groups excluding carboxylic acids is 1. The van der Waals surface area contributed by atoms with E-state index < -0.39 is 30.1 Å². The number of hydrogen-bond donors (Lipinski definition) is 2. The van der Waals surface area contributed by atoms with Crippen LogP contribution in [0.5, 0.6) is 0 Å². The van der Waals surface area contributed by atoms with E-state index in [1.54, 1.807) is 20.8 Å². The summed E-state index contributed by atoms with van der Waals surface area (Å²) in [5.74, 6) is -0.516. The third kappa shape index (κ3) is 8.08. The summed E-state index contributed by atoms with van der Waals surface area (Å²) in [4.78, 5) is 19.3. The second-order valence-corrected chi connectivity index (χ2v) is 10.7. The maximum Gasteiger partial charge on any atom is 0.408 e. The monoisotopic (exact) mass is 526 g/mol. The average Bonchev–Trinajstić information content (AvgIpc) is 3.26. The predicted molar refractivity (Wildman–Crippen MR) is 140 cm³/mol. The molecule has 1 aliphatic heterocycles. The Morgan fingerprint density at radius 3 is 2.66 bits per heavy atom. The molecule has 1 aromatic heterocycles. The summed E-state index contributed by atoms with van der Waals surface area (Å²) >= 11 is 6.88. The fraction of sp³-hybridized carbons (Fsp3) is 0.542. The lowest BCUT2D eigenvalue weighted by molar-refractivity contribution is 0.0494. The molecule has 0 saturated carbocycles. The van der Waals surface area contributed by atoms with Crippen molar-refractivity contribution >= 4 is 45.5 Å². The Bertz CT molecular complexity index is 1000. The topological polar surface area (TPSA) is 75.7 Å². The van der Waals surface area contributed by atoms with Gasteiger partial charge in [-0.2, -0.15) is 0 Å². The highest BCUT2D eigenvalue weighted by Crippen LogP contribution is 2.31. The van der Waals surface area contributed by atoms with E-state index in [0.717, 1.165) is 16.9 Å². The maximum atomic E-state index is 13.0. The van der Waals surface area contributed by atoms with Gasteiger partial charge >= 0.3 is 6.09 Å². The zero-order valence-electron chi connectivity index (χ0n) is 20.3. The van der Waals surface area contributed by atoms with Crippen LogP contribution in [0.2, 0.25) is 0 Å². The summed E-state index contributed by atoms with van der Waals surface area (Å²) in [6, 6.07) is 7.34. The number of piperidine rings is 1. The molecular formula is C24H32F2N4O3S2. The minimum Gasteiger partial charge on any atom is -0.444 e. The number of nitrogens with zero attached hydrogens (tertiary/aromatic N) is 2. The number of alkyl halides is 2. The van der Waals surface area contributed by atoms with Crippen LogP contribution in [-0.4, -0.2) is 60.9 Å². The van der Waals surface area contributed by atoms with Crippen LogP contribution in [0.25, 0.3) is 11.3 Å². The summed E-state index contributed by atoms with van der Waals surface area (Å²) < 4.78 is 36.5. The highest BCUT2D eigenvalue weighted by molar-refractivity contribution is 7.80. The van der Waals surface area contributed by atoms with Crippen LogP contribution in [0.4, 0.5) is 24.4 Å². The van der Waals surface area contributed by atoms with Crippen molar-refractivity contribution in [2.45, 2.75) is 51.7 Å². The van der Waals surface area contributed by atoms with E-state index in [9.17, 15) is 13.6 Å². The molecule has 192 valence electrons. The molecule has 35 heavy (non-hydrogen) atoms. The average molecular weight is 527 g/mol. The summed E-state index contributed by atoms with van der Waals surface area (Å²) in [5.41, 5.74) is 2.06. The van der Waals surface area contributed by atoms with E-state index in [2.05, 4.69) is 20.5 Å². The quantitative estimate of drug-likeness (QED) is 0.436. The molecule has 3 rings (SSSR count). The van der Waals surface area contributed by atoms with Crippen molar-refractivity contribution in [3.8, 4) is 11.3 Å². The fourth-order valence-corrected chi connectivity index (χ4v) is 4.75. The molecule has 7 nitrogen and oxygen atoms in total. The van der Waals surface area contributed by atoms with Crippen LogP contribution in [0.1, 0.15) is 33.6 Å². The number of alkyl carbamates (subject to hydrolysis) is 1. The molecule has 1 aromatic carbocycles. The third-order valence-electron chi connectivity index (χ3n) is 5.48. The molecule has 0 radical (unpaired) electrons. The van der Waals surface area contributed by atoms with Crippen LogP contribution in [0.15, 0.2) is 29.6 Å². The van der Waals surface area contributed by atoms with Gasteiger partial charge in [0.1, 0.15) is 16.6 Å². The van der Waals surface area contributed by atoms with E-state index >= 15 is 0 Å². The van der Waals surface area contributed by atoms with Crippen LogP contribution in [0, 0.1) is 5.92 Å². The van der Waals surface area contributed by atoms with Crippen LogP contribution in [0.3, 0.4) is 0 Å². The number of thiocarbonyl (C=S) groups is 1. The number of halogens is 2. The van der Waals surface area contributed by atoms with Crippen molar-refractivity contribution in [1.29, 1.82) is 0 Å². The van der Waals surface area contributed by atoms with Crippen molar-refractivity contribution < 1.29 is 23.0 Å². The van der Waals surface area contributed by atoms with Gasteiger partial charge in [0.15, 0.2) is 5.13 Å². The highest BCUT2D eigenvalue weighted by Gasteiger charge is 2.26. The third-order valence-corrected chi connectivity index (χ3v) is 6.62. The maximum absolute atomic E-state index is 13.0. The van der Waals surface area contributed by atoms with E-state index in [-0.39, 0.29) is 6.61 Å². The lowest BCUT2D eigenvalue weighted by Gasteiger charge is -2.33. The molecule has 1 aliphatic rings. The van der Waals surface area contributed by atoms with Crippen molar-refractivity contribution in [1.82, 2.24) is 10.3 Å². The highest BCUT2D eigenvalue weighted by atomic mass is 32.1. The minimum atomic E-state index is -2.25. The number of aromatic nitrogens is 1. The standard InChI is InChI=1S/C24H32F2N4O3S2/c1-24(2,3)33-23(31)28-18(13-32-4)21(34)29-22-27-19(14-35-22)16-6-5-7-17(12-16)30-10-8-15(9-11-30)20(25)26/h5-7,12,14-15,18,20H,8-11,13H2,1-4H3,(H,28,31)(H,27,29,34)/t18-/m0/s1. The van der Waals surface area contributed by atoms with Gasteiger partial charge in [0, 0.05) is 42.7 Å². The first-order chi connectivity index (χ1) is 16.6. The Balaban J connectivity index is 1.64. The number of methoxy groups -OCH3 is 1. The van der Waals surface area contributed by atoms with Gasteiger partial charge in [-0.15, -0.1) is 11.3 Å². The molecule has 0 spiro atoms. The van der Waals surface area contributed by atoms with E-state index in [1.165, 1.54) is 18.4 Å². The van der Waals surface area contributed by atoms with Crippen molar-refractivity contribution in [2.24, 2.45) is 5.92 Å². The summed E-state index contributed by atoms with van der Waals surface area (Å²) in [7, 11) is 1.52. The van der Waals surface area contributed by atoms with E-state index in [0.29, 0.717) is 36.1 Å². The van der Waals surface area contributed by atoms with Crippen molar-refractivity contribution in [2.75, 3.05) is 37.0 Å². The molecule has 0 bridgehead atoms. The van der Waals surface area contributed by atoms with Gasteiger partial charge in [0.2, 0.25) is 6.43 Å². The summed E-state index contributed by atoms with van der Waals surface area (Å²) in [5, 5.41) is 8.31. The number of benzene rings is 1. The number of anilines is 2. The number of hydrogen-bond acceptors (Lipinski definition) is 7. The smallest absolute Gasteiger partial charge is 0.408 e. The van der Waals surface area contributed by atoms with Crippen molar-refractivity contribution in [3.05, 3.63) is 29.6 Å². The first-order valence-electron chi connectivity index (χ1n) is 11.4. The number of rotatable bonds is 8. The minimum absolute atomic E-state index is 0.174. The Morgan fingerprint density at radius 2 is 2.03 bits per heavy atom. The Labute approximate surface area is 214 Å². The van der Waals surface area contributed by atoms with Gasteiger partial charge in [0.05, 0.1) is 12.3 Å². The lowest BCUT2D eigenvalue weighted by atomic mass is 9.97. The van der Waals surface area contributed by atoms with Gasteiger partial charge in [-0.1, -0.05) is 24.4 Å². The van der Waals surface area contributed by atoms with Gasteiger partial charge < -0.3 is 25.0 Å². The second kappa shape index (κ2) is 12.0. The Kier molecular flexibility index (Phi) is 9.37. The number of ether oxygens (including phenoxy) is 2. The largest absolute Gasteiger partial charge is 0.444 e. The SMILES string of the molecule is COC[C@H](NC(=O)OC(C)(C)C)C(=S)Nc1nc(-c2cccc(N3CCC(C(F)F)CC3)c2)cs1. The van der Waals surface area contributed by atoms with E-state index in [4.69, 9.17) is 21.7 Å². The van der Waals surface area contributed by atoms with Crippen LogP contribution in [-0.2, 0) is 9.47 Å². The van der Waals surface area contributed by atoms with Gasteiger partial charge in [-0.25, -0.2) is 18.6 Å². The predicted octanol–water partition coefficient (Wildman–Crippen LogP) is 5.57. The molecule has 11 heteroatoms. The normalized spacial score (nSPS) is 15.7. The zero-order valence-corrected chi connectivity index (χ0v) is 22.0. The fourth-order valence-electron chi connectivity index (χ4n) is 3.73. The first kappa shape index (κ1) is 27.2. The summed E-state index contributed by atoms with van der Waals surface area (Å²) in [6.07, 6.45) is -1.86. The zero-order chi connectivity index (χ0) is 25.6. The summed E-state index contributed by atoms with van der Waals surface area (Å²) in [6.45, 7) is 6.75. The Morgan fingerprint density at radius 1 is 1.31 bits per heavy atom. The second-order valence-electron chi connectivity index (χ2n) is 9.39. The molecule has 2 aromatic rings. The lowest BCUT2D eigenvalue weighted by Crippen LogP contribution is -2.47. The number of thiazole rings is 1. The molecule has 1 saturated heterocycles. The molecule has 1 fully saturated rings. The van der Waals surface area contributed by atoms with Gasteiger partial charge in [-0.05, 0) is 45.7 Å². The molecule has 1 atom stereocenters. The molecule has 1 amide bonds. The molecule has 2 heterocycles. The Hall–Kier alpha value is -2.37. The van der Waals surface area contributed by atoms with Gasteiger partial charge in [0.25, 0.3) is 0 Å². The van der Waals surface area contributed by atoms with Gasteiger partial charge in [-0.3, -0.25) is 0 Å². The number of amides is 1. The van der Waals surface area contributed by atoms with Crippen LogP contribution < -0.4 is 15.5 Å². The van der Waals surface area contributed by atoms with Crippen LogP contribution >= 0.6 is 23.6 Å². The first-order valence-corrected chi connectivity index (χ1v) is 12.7. The number of carbonyl (C=O) groups is 1. The molecule has 0 aliphatic carbocycles. The van der Waals surface area contributed by atoms with E-state index in [1.807, 2.05) is 29.6 Å². The molecule has 0 unspecified atom stereocenters. The molecular weight excluding hydrogens is 494 g/mol. The van der Waals surface area contributed by atoms with Crippen molar-refractivity contribution in [3.63, 3.8) is 0 Å². The number of nitrogens with one attached hydrogen (secondary N) is 2.